The summed E-state index contributed by atoms with van der Waals surface area (Å²) in [5.74, 6) is -2.39. The largest absolute Gasteiger partial charge is 0.573 e. The van der Waals surface area contributed by atoms with Crippen LogP contribution in [0.5, 0.6) is 5.75 Å². The van der Waals surface area contributed by atoms with Crippen molar-refractivity contribution in [3.63, 3.8) is 0 Å². The average molecular weight is 303 g/mol. The number of ether oxygens (including phenoxy) is 1. The molecule has 0 radical (unpaired) electrons. The molecule has 0 saturated heterocycles. The fourth-order valence-corrected chi connectivity index (χ4v) is 1.68. The first-order valence-corrected chi connectivity index (χ1v) is 5.88. The molecule has 0 unspecified atom stereocenters. The maximum Gasteiger partial charge on any atom is 0.573 e. The Morgan fingerprint density at radius 3 is 2.33 bits per heavy atom. The average Bonchev–Trinajstić information content (AvgIpc) is 2.40. The van der Waals surface area contributed by atoms with Crippen molar-refractivity contribution in [1.82, 2.24) is 0 Å². The molecule has 0 bridgehead atoms. The molecule has 2 rings (SSSR count). The van der Waals surface area contributed by atoms with Crippen molar-refractivity contribution in [1.29, 1.82) is 0 Å². The van der Waals surface area contributed by atoms with Crippen LogP contribution in [-0.4, -0.2) is 6.36 Å². The summed E-state index contributed by atoms with van der Waals surface area (Å²) in [4.78, 5) is 0. The number of halogens is 5. The van der Waals surface area contributed by atoms with Crippen LogP contribution in [0.2, 0.25) is 0 Å². The van der Waals surface area contributed by atoms with Crippen LogP contribution in [0, 0.1) is 11.6 Å². The molecule has 112 valence electrons. The molecule has 0 atom stereocenters. The molecule has 2 aromatic rings. The topological polar surface area (TPSA) is 21.3 Å². The van der Waals surface area contributed by atoms with E-state index in [1.54, 1.807) is 6.07 Å². The minimum Gasteiger partial charge on any atom is -0.405 e. The lowest BCUT2D eigenvalue weighted by molar-refractivity contribution is -0.274. The van der Waals surface area contributed by atoms with Crippen molar-refractivity contribution in [3.8, 4) is 5.75 Å². The minimum atomic E-state index is -4.79. The van der Waals surface area contributed by atoms with Gasteiger partial charge < -0.3 is 10.1 Å². The van der Waals surface area contributed by atoms with Crippen LogP contribution in [0.3, 0.4) is 0 Å². The minimum absolute atomic E-state index is 0.0304. The summed E-state index contributed by atoms with van der Waals surface area (Å²) in [5, 5.41) is 2.70. The molecule has 0 aliphatic heterocycles. The van der Waals surface area contributed by atoms with Crippen molar-refractivity contribution in [2.45, 2.75) is 12.9 Å². The van der Waals surface area contributed by atoms with Crippen LogP contribution in [0.1, 0.15) is 5.56 Å². The molecule has 0 aromatic heterocycles. The maximum absolute atomic E-state index is 13.0. The van der Waals surface area contributed by atoms with Gasteiger partial charge in [0, 0.05) is 23.9 Å². The fourth-order valence-electron chi connectivity index (χ4n) is 1.68. The Hall–Kier alpha value is -2.31. The van der Waals surface area contributed by atoms with Gasteiger partial charge in [-0.1, -0.05) is 18.2 Å². The number of rotatable bonds is 4. The third-order valence-corrected chi connectivity index (χ3v) is 2.60. The van der Waals surface area contributed by atoms with Crippen molar-refractivity contribution >= 4 is 5.69 Å². The highest BCUT2D eigenvalue weighted by atomic mass is 19.4. The van der Waals surface area contributed by atoms with E-state index in [0.29, 0.717) is 0 Å². The summed E-state index contributed by atoms with van der Waals surface area (Å²) < 4.78 is 66.4. The normalized spacial score (nSPS) is 11.3. The Labute approximate surface area is 117 Å². The second kappa shape index (κ2) is 5.99. The Morgan fingerprint density at radius 2 is 1.67 bits per heavy atom. The number of benzene rings is 2. The highest BCUT2D eigenvalue weighted by Gasteiger charge is 2.31. The molecule has 2 aromatic carbocycles. The standard InChI is InChI=1S/C14H10F5NO/c15-11-6-5-10(7-12(11)16)20-8-9-3-1-2-4-13(9)21-14(17,18)19/h1-7,20H,8H2. The SMILES string of the molecule is Fc1ccc(NCc2ccccc2OC(F)(F)F)cc1F. The predicted octanol–water partition coefficient (Wildman–Crippen LogP) is 4.48. The van der Waals surface area contributed by atoms with Crippen molar-refractivity contribution in [2.24, 2.45) is 0 Å². The van der Waals surface area contributed by atoms with Gasteiger partial charge in [0.25, 0.3) is 0 Å². The summed E-state index contributed by atoms with van der Waals surface area (Å²) in [6.45, 7) is -0.0304. The van der Waals surface area contributed by atoms with E-state index < -0.39 is 18.0 Å². The molecule has 1 N–H and O–H groups in total. The van der Waals surface area contributed by atoms with E-state index in [-0.39, 0.29) is 23.5 Å². The molecule has 0 aliphatic carbocycles. The first kappa shape index (κ1) is 15.1. The molecule has 21 heavy (non-hydrogen) atoms. The highest BCUT2D eigenvalue weighted by molar-refractivity contribution is 5.45. The first-order chi connectivity index (χ1) is 9.85. The summed E-state index contributed by atoms with van der Waals surface area (Å²) in [6, 6.07) is 8.70. The van der Waals surface area contributed by atoms with Crippen LogP contribution < -0.4 is 10.1 Å². The lowest BCUT2D eigenvalue weighted by atomic mass is 10.2. The number of para-hydroxylation sites is 1. The van der Waals surface area contributed by atoms with Crippen LogP contribution >= 0.6 is 0 Å². The van der Waals surface area contributed by atoms with E-state index in [9.17, 15) is 22.0 Å². The van der Waals surface area contributed by atoms with E-state index in [4.69, 9.17) is 0 Å². The molecule has 0 heterocycles. The van der Waals surface area contributed by atoms with Crippen LogP contribution in [0.25, 0.3) is 0 Å². The fraction of sp³-hybridized carbons (Fsp3) is 0.143. The number of hydrogen-bond donors (Lipinski definition) is 1. The number of anilines is 1. The third-order valence-electron chi connectivity index (χ3n) is 2.60. The Kier molecular flexibility index (Phi) is 4.30. The Bertz CT molecular complexity index is 627. The summed E-state index contributed by atoms with van der Waals surface area (Å²) in [5.41, 5.74) is 0.482. The van der Waals surface area contributed by atoms with E-state index in [2.05, 4.69) is 10.1 Å². The number of hydrogen-bond acceptors (Lipinski definition) is 2. The van der Waals surface area contributed by atoms with Crippen LogP contribution in [-0.2, 0) is 6.54 Å². The molecule has 0 amide bonds. The molecular weight excluding hydrogens is 293 g/mol. The lowest BCUT2D eigenvalue weighted by Crippen LogP contribution is -2.18. The lowest BCUT2D eigenvalue weighted by Gasteiger charge is -2.14. The summed E-state index contributed by atoms with van der Waals surface area (Å²) in [7, 11) is 0. The quantitative estimate of drug-likeness (QED) is 0.841. The summed E-state index contributed by atoms with van der Waals surface area (Å²) in [6.07, 6.45) is -4.79. The van der Waals surface area contributed by atoms with Gasteiger partial charge in [0.15, 0.2) is 11.6 Å². The molecule has 0 saturated carbocycles. The highest BCUT2D eigenvalue weighted by Crippen LogP contribution is 2.27. The van der Waals surface area contributed by atoms with Gasteiger partial charge in [0.1, 0.15) is 5.75 Å². The predicted molar refractivity (Wildman–Crippen MR) is 66.8 cm³/mol. The van der Waals surface area contributed by atoms with Crippen molar-refractivity contribution < 1.29 is 26.7 Å². The maximum atomic E-state index is 13.0. The first-order valence-electron chi connectivity index (χ1n) is 5.88. The number of alkyl halides is 3. The van der Waals surface area contributed by atoms with Crippen LogP contribution in [0.4, 0.5) is 27.6 Å². The molecular formula is C14H10F5NO. The zero-order valence-electron chi connectivity index (χ0n) is 10.5. The number of nitrogens with one attached hydrogen (secondary N) is 1. The van der Waals surface area contributed by atoms with Gasteiger partial charge in [0.2, 0.25) is 0 Å². The monoisotopic (exact) mass is 303 g/mol. The van der Waals surface area contributed by atoms with Gasteiger partial charge in [-0.2, -0.15) is 0 Å². The molecule has 0 spiro atoms. The van der Waals surface area contributed by atoms with Gasteiger partial charge in [-0.15, -0.1) is 13.2 Å². The summed E-state index contributed by atoms with van der Waals surface area (Å²) >= 11 is 0. The van der Waals surface area contributed by atoms with E-state index in [0.717, 1.165) is 12.1 Å². The van der Waals surface area contributed by atoms with Crippen LogP contribution in [0.15, 0.2) is 42.5 Å². The van der Waals surface area contributed by atoms with E-state index in [1.165, 1.54) is 24.3 Å². The van der Waals surface area contributed by atoms with Gasteiger partial charge in [-0.3, -0.25) is 0 Å². The second-order valence-corrected chi connectivity index (χ2v) is 4.14. The van der Waals surface area contributed by atoms with Gasteiger partial charge >= 0.3 is 6.36 Å². The zero-order chi connectivity index (χ0) is 15.5. The van der Waals surface area contributed by atoms with E-state index in [1.807, 2.05) is 0 Å². The Balaban J connectivity index is 2.11. The smallest absolute Gasteiger partial charge is 0.405 e. The third kappa shape index (κ3) is 4.34. The van der Waals surface area contributed by atoms with Crippen molar-refractivity contribution in [2.75, 3.05) is 5.32 Å². The van der Waals surface area contributed by atoms with Gasteiger partial charge in [-0.05, 0) is 18.2 Å². The molecule has 7 heteroatoms. The van der Waals surface area contributed by atoms with Crippen molar-refractivity contribution in [3.05, 3.63) is 59.7 Å². The van der Waals surface area contributed by atoms with Gasteiger partial charge in [0.05, 0.1) is 0 Å². The van der Waals surface area contributed by atoms with E-state index >= 15 is 0 Å². The second-order valence-electron chi connectivity index (χ2n) is 4.14. The molecule has 0 fully saturated rings. The zero-order valence-corrected chi connectivity index (χ0v) is 10.5. The van der Waals surface area contributed by atoms with Gasteiger partial charge in [-0.25, -0.2) is 8.78 Å². The molecule has 0 aliphatic rings. The molecule has 2 nitrogen and oxygen atoms in total. The Morgan fingerprint density at radius 1 is 0.952 bits per heavy atom.